The molecule has 0 bridgehead atoms. The van der Waals surface area contributed by atoms with Crippen LogP contribution in [-0.2, 0) is 4.74 Å². The number of benzene rings is 1. The Bertz CT molecular complexity index is 471. The first-order chi connectivity index (χ1) is 9.06. The van der Waals surface area contributed by atoms with Gasteiger partial charge in [-0.05, 0) is 38.1 Å². The minimum Gasteiger partial charge on any atom is -0.447 e. The van der Waals surface area contributed by atoms with Crippen LogP contribution in [0.1, 0.15) is 13.8 Å². The number of rotatable bonds is 3. The SMILES string of the molecule is CC(C)NC(=O)Nc1ccc(N2CCOC2=O)cc1. The summed E-state index contributed by atoms with van der Waals surface area (Å²) in [5, 5.41) is 5.45. The first-order valence-corrected chi connectivity index (χ1v) is 6.18. The number of hydrogen-bond acceptors (Lipinski definition) is 3. The summed E-state index contributed by atoms with van der Waals surface area (Å²) in [4.78, 5) is 24.4. The first kappa shape index (κ1) is 13.2. The fraction of sp³-hybridized carbons (Fsp3) is 0.385. The zero-order chi connectivity index (χ0) is 13.8. The van der Waals surface area contributed by atoms with Crippen LogP contribution in [-0.4, -0.2) is 31.3 Å². The Labute approximate surface area is 111 Å². The maximum Gasteiger partial charge on any atom is 0.414 e. The van der Waals surface area contributed by atoms with Crippen LogP contribution in [0.25, 0.3) is 0 Å². The Morgan fingerprint density at radius 1 is 1.32 bits per heavy atom. The van der Waals surface area contributed by atoms with Crippen molar-refractivity contribution in [3.05, 3.63) is 24.3 Å². The van der Waals surface area contributed by atoms with Gasteiger partial charge in [0.1, 0.15) is 6.61 Å². The summed E-state index contributed by atoms with van der Waals surface area (Å²) >= 11 is 0. The third-order valence-corrected chi connectivity index (χ3v) is 2.62. The lowest BCUT2D eigenvalue weighted by atomic mass is 10.2. The molecule has 1 fully saturated rings. The average molecular weight is 263 g/mol. The van der Waals surface area contributed by atoms with E-state index in [9.17, 15) is 9.59 Å². The second-order valence-corrected chi connectivity index (χ2v) is 4.57. The van der Waals surface area contributed by atoms with Gasteiger partial charge in [0.15, 0.2) is 0 Å². The van der Waals surface area contributed by atoms with Crippen LogP contribution in [0.5, 0.6) is 0 Å². The van der Waals surface area contributed by atoms with E-state index >= 15 is 0 Å². The maximum atomic E-state index is 11.5. The highest BCUT2D eigenvalue weighted by molar-refractivity contribution is 5.91. The zero-order valence-corrected chi connectivity index (χ0v) is 11.0. The van der Waals surface area contributed by atoms with Crippen molar-refractivity contribution in [3.8, 4) is 0 Å². The van der Waals surface area contributed by atoms with Crippen LogP contribution in [0.15, 0.2) is 24.3 Å². The van der Waals surface area contributed by atoms with Gasteiger partial charge in [-0.1, -0.05) is 0 Å². The van der Waals surface area contributed by atoms with E-state index in [4.69, 9.17) is 4.74 Å². The van der Waals surface area contributed by atoms with Gasteiger partial charge in [0.05, 0.1) is 6.54 Å². The number of hydrogen-bond donors (Lipinski definition) is 2. The molecule has 19 heavy (non-hydrogen) atoms. The van der Waals surface area contributed by atoms with Crippen molar-refractivity contribution in [3.63, 3.8) is 0 Å². The Balaban J connectivity index is 1.98. The molecule has 0 radical (unpaired) electrons. The highest BCUT2D eigenvalue weighted by Gasteiger charge is 2.23. The molecule has 1 aromatic rings. The molecule has 0 aliphatic carbocycles. The topological polar surface area (TPSA) is 70.7 Å². The second kappa shape index (κ2) is 5.60. The van der Waals surface area contributed by atoms with E-state index in [1.54, 1.807) is 29.2 Å². The number of carbonyl (C=O) groups excluding carboxylic acids is 2. The van der Waals surface area contributed by atoms with Crippen molar-refractivity contribution in [1.82, 2.24) is 5.32 Å². The van der Waals surface area contributed by atoms with Gasteiger partial charge in [-0.2, -0.15) is 0 Å². The molecule has 1 aliphatic heterocycles. The van der Waals surface area contributed by atoms with Gasteiger partial charge in [-0.15, -0.1) is 0 Å². The van der Waals surface area contributed by atoms with Crippen molar-refractivity contribution in [1.29, 1.82) is 0 Å². The lowest BCUT2D eigenvalue weighted by molar-refractivity contribution is 0.181. The quantitative estimate of drug-likeness (QED) is 0.878. The first-order valence-electron chi connectivity index (χ1n) is 6.18. The summed E-state index contributed by atoms with van der Waals surface area (Å²) < 4.78 is 4.87. The third kappa shape index (κ3) is 3.37. The van der Waals surface area contributed by atoms with E-state index in [-0.39, 0.29) is 18.2 Å². The van der Waals surface area contributed by atoms with Gasteiger partial charge >= 0.3 is 12.1 Å². The predicted octanol–water partition coefficient (Wildman–Crippen LogP) is 2.17. The summed E-state index contributed by atoms with van der Waals surface area (Å²) in [7, 11) is 0. The number of ether oxygens (including phenoxy) is 1. The molecule has 0 saturated carbocycles. The van der Waals surface area contributed by atoms with Crippen LogP contribution in [0, 0.1) is 0 Å². The number of anilines is 2. The Morgan fingerprint density at radius 2 is 2.00 bits per heavy atom. The van der Waals surface area contributed by atoms with Gasteiger partial charge in [-0.25, -0.2) is 9.59 Å². The van der Waals surface area contributed by atoms with E-state index in [1.807, 2.05) is 13.8 Å². The van der Waals surface area contributed by atoms with Gasteiger partial charge in [-0.3, -0.25) is 4.90 Å². The van der Waals surface area contributed by atoms with Gasteiger partial charge in [0.25, 0.3) is 0 Å². The number of urea groups is 1. The van der Waals surface area contributed by atoms with Crippen LogP contribution >= 0.6 is 0 Å². The third-order valence-electron chi connectivity index (χ3n) is 2.62. The van der Waals surface area contributed by atoms with Gasteiger partial charge < -0.3 is 15.4 Å². The molecule has 6 heteroatoms. The van der Waals surface area contributed by atoms with Crippen LogP contribution < -0.4 is 15.5 Å². The van der Waals surface area contributed by atoms with Crippen molar-refractivity contribution < 1.29 is 14.3 Å². The molecule has 0 spiro atoms. The molecule has 1 aliphatic rings. The monoisotopic (exact) mass is 263 g/mol. The van der Waals surface area contributed by atoms with E-state index in [0.717, 1.165) is 5.69 Å². The Morgan fingerprint density at radius 3 is 2.53 bits per heavy atom. The summed E-state index contributed by atoms with van der Waals surface area (Å²) in [6.07, 6.45) is -0.335. The molecule has 1 heterocycles. The highest BCUT2D eigenvalue weighted by Crippen LogP contribution is 2.20. The van der Waals surface area contributed by atoms with Gasteiger partial charge in [0, 0.05) is 17.4 Å². The molecular formula is C13H17N3O3. The normalized spacial score (nSPS) is 14.5. The van der Waals surface area contributed by atoms with Crippen LogP contribution in [0.2, 0.25) is 0 Å². The lowest BCUT2D eigenvalue weighted by Crippen LogP contribution is -2.34. The average Bonchev–Trinajstić information content (AvgIpc) is 2.75. The zero-order valence-electron chi connectivity index (χ0n) is 11.0. The molecule has 3 amide bonds. The summed E-state index contributed by atoms with van der Waals surface area (Å²) in [6, 6.07) is 6.89. The Hall–Kier alpha value is -2.24. The molecule has 0 unspecified atom stereocenters. The lowest BCUT2D eigenvalue weighted by Gasteiger charge is -2.14. The van der Waals surface area contributed by atoms with Crippen LogP contribution in [0.4, 0.5) is 21.0 Å². The molecule has 102 valence electrons. The molecule has 6 nitrogen and oxygen atoms in total. The molecule has 2 rings (SSSR count). The van der Waals surface area contributed by atoms with E-state index < -0.39 is 0 Å². The molecule has 2 N–H and O–H groups in total. The standard InChI is InChI=1S/C13H17N3O3/c1-9(2)14-12(17)15-10-3-5-11(6-4-10)16-7-8-19-13(16)18/h3-6,9H,7-8H2,1-2H3,(H2,14,15,17). The number of carbonyl (C=O) groups is 2. The van der Waals surface area contributed by atoms with E-state index in [0.29, 0.717) is 18.8 Å². The molecule has 1 aromatic carbocycles. The summed E-state index contributed by atoms with van der Waals surface area (Å²) in [5.74, 6) is 0. The van der Waals surface area contributed by atoms with Crippen molar-refractivity contribution in [2.75, 3.05) is 23.4 Å². The fourth-order valence-electron chi connectivity index (χ4n) is 1.78. The smallest absolute Gasteiger partial charge is 0.414 e. The highest BCUT2D eigenvalue weighted by atomic mass is 16.6. The predicted molar refractivity (Wildman–Crippen MR) is 72.4 cm³/mol. The van der Waals surface area contributed by atoms with Crippen LogP contribution in [0.3, 0.4) is 0 Å². The number of amides is 3. The number of cyclic esters (lactones) is 1. The fourth-order valence-corrected chi connectivity index (χ4v) is 1.78. The number of nitrogens with one attached hydrogen (secondary N) is 2. The molecular weight excluding hydrogens is 246 g/mol. The largest absolute Gasteiger partial charge is 0.447 e. The molecule has 0 aromatic heterocycles. The summed E-state index contributed by atoms with van der Waals surface area (Å²) in [6.45, 7) is 4.75. The minimum absolute atomic E-state index is 0.0821. The van der Waals surface area contributed by atoms with Crippen molar-refractivity contribution in [2.45, 2.75) is 19.9 Å². The van der Waals surface area contributed by atoms with Crippen molar-refractivity contribution >= 4 is 23.5 Å². The maximum absolute atomic E-state index is 11.5. The van der Waals surface area contributed by atoms with E-state index in [2.05, 4.69) is 10.6 Å². The summed E-state index contributed by atoms with van der Waals surface area (Å²) in [5.41, 5.74) is 1.44. The van der Waals surface area contributed by atoms with Gasteiger partial charge in [0.2, 0.25) is 0 Å². The molecule has 0 atom stereocenters. The second-order valence-electron chi connectivity index (χ2n) is 4.57. The van der Waals surface area contributed by atoms with E-state index in [1.165, 1.54) is 0 Å². The van der Waals surface area contributed by atoms with Crippen molar-refractivity contribution in [2.24, 2.45) is 0 Å². The Kier molecular flexibility index (Phi) is 3.89. The minimum atomic E-state index is -0.335. The molecule has 1 saturated heterocycles. The number of nitrogens with zero attached hydrogens (tertiary/aromatic N) is 1.